The number of unbranched alkanes of at least 4 members (excludes halogenated alkanes) is 7. The summed E-state index contributed by atoms with van der Waals surface area (Å²) >= 11 is 3.57. The van der Waals surface area contributed by atoms with Crippen LogP contribution in [0.4, 0.5) is 0 Å². The highest BCUT2D eigenvalue weighted by atomic mass is 79.9. The average Bonchev–Trinajstić information content (AvgIpc) is 2.32. The number of halogens is 1. The van der Waals surface area contributed by atoms with Gasteiger partial charge in [0.05, 0.1) is 4.32 Å². The van der Waals surface area contributed by atoms with E-state index in [1.807, 2.05) is 6.92 Å². The molecule has 1 nitrogen and oxygen atoms in total. The fourth-order valence-corrected chi connectivity index (χ4v) is 2.43. The van der Waals surface area contributed by atoms with E-state index in [2.05, 4.69) is 29.8 Å². The van der Waals surface area contributed by atoms with Crippen LogP contribution in [0.2, 0.25) is 0 Å². The molecule has 0 fully saturated rings. The van der Waals surface area contributed by atoms with Crippen molar-refractivity contribution in [2.75, 3.05) is 0 Å². The zero-order valence-electron chi connectivity index (χ0n) is 12.7. The zero-order valence-corrected chi connectivity index (χ0v) is 14.3. The molecule has 0 heterocycles. The molecule has 0 N–H and O–H groups in total. The van der Waals surface area contributed by atoms with E-state index in [4.69, 9.17) is 0 Å². The van der Waals surface area contributed by atoms with E-state index in [0.29, 0.717) is 5.92 Å². The van der Waals surface area contributed by atoms with Crippen LogP contribution in [0.3, 0.4) is 0 Å². The molecule has 0 aliphatic rings. The first-order chi connectivity index (χ1) is 8.42. The first kappa shape index (κ1) is 18.1. The Morgan fingerprint density at radius 3 is 1.94 bits per heavy atom. The van der Waals surface area contributed by atoms with Crippen molar-refractivity contribution in [2.45, 2.75) is 89.8 Å². The highest BCUT2D eigenvalue weighted by Gasteiger charge is 2.32. The second-order valence-electron chi connectivity index (χ2n) is 5.80. The highest BCUT2D eigenvalue weighted by Crippen LogP contribution is 2.32. The lowest BCUT2D eigenvalue weighted by Gasteiger charge is -2.27. The molecule has 2 atom stereocenters. The summed E-state index contributed by atoms with van der Waals surface area (Å²) in [6.45, 7) is 8.12. The summed E-state index contributed by atoms with van der Waals surface area (Å²) < 4.78 is -0.325. The Kier molecular flexibility index (Phi) is 10.1. The van der Waals surface area contributed by atoms with Crippen molar-refractivity contribution in [3.8, 4) is 0 Å². The molecule has 0 bridgehead atoms. The van der Waals surface area contributed by atoms with Gasteiger partial charge in [-0.2, -0.15) is 0 Å². The lowest BCUT2D eigenvalue weighted by Crippen LogP contribution is -2.33. The van der Waals surface area contributed by atoms with Gasteiger partial charge in [0.15, 0.2) is 0 Å². The van der Waals surface area contributed by atoms with Crippen molar-refractivity contribution in [3.05, 3.63) is 0 Å². The monoisotopic (exact) mass is 318 g/mol. The van der Waals surface area contributed by atoms with Gasteiger partial charge in [-0.15, -0.1) is 0 Å². The van der Waals surface area contributed by atoms with E-state index >= 15 is 0 Å². The van der Waals surface area contributed by atoms with Gasteiger partial charge in [-0.3, -0.25) is 4.79 Å². The van der Waals surface area contributed by atoms with Gasteiger partial charge >= 0.3 is 0 Å². The quantitative estimate of drug-likeness (QED) is 0.342. The van der Waals surface area contributed by atoms with E-state index in [9.17, 15) is 4.79 Å². The molecule has 0 saturated carbocycles. The number of carbonyl (C=O) groups excluding carboxylic acids is 1. The lowest BCUT2D eigenvalue weighted by atomic mass is 9.88. The van der Waals surface area contributed by atoms with E-state index in [1.54, 1.807) is 6.92 Å². The number of alkyl halides is 1. The predicted octanol–water partition coefficient (Wildman–Crippen LogP) is 5.90. The van der Waals surface area contributed by atoms with Crippen molar-refractivity contribution < 1.29 is 4.79 Å². The summed E-state index contributed by atoms with van der Waals surface area (Å²) in [7, 11) is 0. The fourth-order valence-electron chi connectivity index (χ4n) is 2.20. The third kappa shape index (κ3) is 7.56. The number of ketones is 1. The van der Waals surface area contributed by atoms with Crippen molar-refractivity contribution in [3.63, 3.8) is 0 Å². The van der Waals surface area contributed by atoms with Crippen LogP contribution in [0.1, 0.15) is 85.5 Å². The Bertz CT molecular complexity index is 223. The number of hydrogen-bond acceptors (Lipinski definition) is 1. The van der Waals surface area contributed by atoms with Gasteiger partial charge in [-0.05, 0) is 26.2 Å². The van der Waals surface area contributed by atoms with Crippen molar-refractivity contribution in [2.24, 2.45) is 5.92 Å². The van der Waals surface area contributed by atoms with Crippen molar-refractivity contribution in [1.29, 1.82) is 0 Å². The Hall–Kier alpha value is 0.150. The number of hydrogen-bond donors (Lipinski definition) is 0. The standard InChI is InChI=1S/C16H31BrO/c1-5-6-7-8-9-10-11-12-13-14(2)16(4,17)15(3)18/h14H,5-13H2,1-4H3. The van der Waals surface area contributed by atoms with E-state index in [0.717, 1.165) is 6.42 Å². The Balaban J connectivity index is 3.52. The third-order valence-electron chi connectivity index (χ3n) is 4.10. The first-order valence-electron chi connectivity index (χ1n) is 7.62. The normalized spacial score (nSPS) is 16.3. The molecule has 0 amide bonds. The smallest absolute Gasteiger partial charge is 0.146 e. The van der Waals surface area contributed by atoms with Gasteiger partial charge in [0.25, 0.3) is 0 Å². The molecule has 0 aromatic rings. The summed E-state index contributed by atoms with van der Waals surface area (Å²) in [6, 6.07) is 0. The Labute approximate surface area is 122 Å². The largest absolute Gasteiger partial charge is 0.298 e. The van der Waals surface area contributed by atoms with Crippen LogP contribution in [-0.2, 0) is 4.79 Å². The molecule has 0 aromatic heterocycles. The lowest BCUT2D eigenvalue weighted by molar-refractivity contribution is -0.119. The summed E-state index contributed by atoms with van der Waals surface area (Å²) in [4.78, 5) is 11.5. The van der Waals surface area contributed by atoms with Crippen LogP contribution in [0.5, 0.6) is 0 Å². The van der Waals surface area contributed by atoms with Gasteiger partial charge in [0.1, 0.15) is 5.78 Å². The molecule has 0 aromatic carbocycles. The summed E-state index contributed by atoms with van der Waals surface area (Å²) in [5.41, 5.74) is 0. The van der Waals surface area contributed by atoms with Crippen LogP contribution < -0.4 is 0 Å². The van der Waals surface area contributed by atoms with Gasteiger partial charge in [-0.1, -0.05) is 81.1 Å². The second kappa shape index (κ2) is 10.00. The minimum absolute atomic E-state index is 0.245. The van der Waals surface area contributed by atoms with Crippen molar-refractivity contribution in [1.82, 2.24) is 0 Å². The van der Waals surface area contributed by atoms with E-state index < -0.39 is 0 Å². The molecule has 2 heteroatoms. The summed E-state index contributed by atoms with van der Waals surface area (Å²) in [5.74, 6) is 0.671. The van der Waals surface area contributed by atoms with Gasteiger partial charge in [0, 0.05) is 0 Å². The van der Waals surface area contributed by atoms with E-state index in [-0.39, 0.29) is 10.1 Å². The molecule has 0 rings (SSSR count). The molecule has 0 aliphatic carbocycles. The molecule has 108 valence electrons. The average molecular weight is 319 g/mol. The minimum Gasteiger partial charge on any atom is -0.298 e. The number of rotatable bonds is 11. The SMILES string of the molecule is CCCCCCCCCCC(C)C(C)(Br)C(C)=O. The van der Waals surface area contributed by atoms with Crippen LogP contribution >= 0.6 is 15.9 Å². The first-order valence-corrected chi connectivity index (χ1v) is 8.42. The molecule has 2 unspecified atom stereocenters. The third-order valence-corrected chi connectivity index (χ3v) is 5.44. The maximum absolute atomic E-state index is 11.5. The predicted molar refractivity (Wildman–Crippen MR) is 84.4 cm³/mol. The fraction of sp³-hybridized carbons (Fsp3) is 0.938. The molecule has 0 spiro atoms. The van der Waals surface area contributed by atoms with Crippen molar-refractivity contribution >= 4 is 21.7 Å². The number of Topliss-reactive ketones (excluding diaryl/α,β-unsaturated/α-hetero) is 1. The maximum atomic E-state index is 11.5. The minimum atomic E-state index is -0.325. The zero-order chi connectivity index (χ0) is 14.0. The molecule has 0 radical (unpaired) electrons. The molecule has 18 heavy (non-hydrogen) atoms. The number of carbonyl (C=O) groups is 1. The van der Waals surface area contributed by atoms with Crippen LogP contribution in [0.25, 0.3) is 0 Å². The molecule has 0 aliphatic heterocycles. The highest BCUT2D eigenvalue weighted by molar-refractivity contribution is 9.10. The second-order valence-corrected chi connectivity index (χ2v) is 7.44. The van der Waals surface area contributed by atoms with Gasteiger partial charge in [-0.25, -0.2) is 0 Å². The van der Waals surface area contributed by atoms with Crippen LogP contribution in [-0.4, -0.2) is 10.1 Å². The van der Waals surface area contributed by atoms with Gasteiger partial charge in [0.2, 0.25) is 0 Å². The van der Waals surface area contributed by atoms with Crippen LogP contribution in [0, 0.1) is 5.92 Å². The van der Waals surface area contributed by atoms with Crippen LogP contribution in [0.15, 0.2) is 0 Å². The molecule has 0 saturated heterocycles. The Morgan fingerprint density at radius 1 is 1.06 bits per heavy atom. The summed E-state index contributed by atoms with van der Waals surface area (Å²) in [6.07, 6.45) is 12.0. The van der Waals surface area contributed by atoms with E-state index in [1.165, 1.54) is 51.4 Å². The Morgan fingerprint density at radius 2 is 1.50 bits per heavy atom. The van der Waals surface area contributed by atoms with Gasteiger partial charge < -0.3 is 0 Å². The topological polar surface area (TPSA) is 17.1 Å². The molecular formula is C16H31BrO. The maximum Gasteiger partial charge on any atom is 0.146 e. The summed E-state index contributed by atoms with van der Waals surface area (Å²) in [5, 5.41) is 0. The molecular weight excluding hydrogens is 288 g/mol.